The van der Waals surface area contributed by atoms with Crippen molar-refractivity contribution in [1.29, 1.82) is 0 Å². The van der Waals surface area contributed by atoms with Crippen LogP contribution in [-0.2, 0) is 11.2 Å². The van der Waals surface area contributed by atoms with Gasteiger partial charge in [-0.3, -0.25) is 4.79 Å². The first-order valence-electron chi connectivity index (χ1n) is 5.68. The summed E-state index contributed by atoms with van der Waals surface area (Å²) in [5, 5.41) is 0. The van der Waals surface area contributed by atoms with Crippen LogP contribution in [0, 0.1) is 0 Å². The first-order chi connectivity index (χ1) is 8.74. The summed E-state index contributed by atoms with van der Waals surface area (Å²) in [7, 11) is 0. The minimum Gasteiger partial charge on any atom is -0.486 e. The number of halogens is 1. The van der Waals surface area contributed by atoms with Crippen LogP contribution in [0.2, 0.25) is 0 Å². The predicted octanol–water partition coefficient (Wildman–Crippen LogP) is 3.64. The van der Waals surface area contributed by atoms with Gasteiger partial charge in [-0.05, 0) is 23.8 Å². The van der Waals surface area contributed by atoms with Crippen molar-refractivity contribution in [3.8, 4) is 5.75 Å². The quantitative estimate of drug-likeness (QED) is 0.843. The third kappa shape index (κ3) is 4.00. The molecule has 0 amide bonds. The molecule has 0 N–H and O–H groups in total. The number of rotatable bonds is 5. The molecule has 2 nitrogen and oxygen atoms in total. The fraction of sp³-hybridized carbons (Fsp3) is 0.133. The SMILES string of the molecule is O=C(COc1cccc(Br)c1)Cc1ccccc1. The smallest absolute Gasteiger partial charge is 0.174 e. The number of ether oxygens (including phenoxy) is 1. The molecule has 0 atom stereocenters. The van der Waals surface area contributed by atoms with Crippen LogP contribution in [0.25, 0.3) is 0 Å². The predicted molar refractivity (Wildman–Crippen MR) is 74.8 cm³/mol. The van der Waals surface area contributed by atoms with Gasteiger partial charge in [0.1, 0.15) is 12.4 Å². The number of hydrogen-bond donors (Lipinski definition) is 0. The minimum absolute atomic E-state index is 0.0705. The van der Waals surface area contributed by atoms with E-state index in [2.05, 4.69) is 15.9 Å². The van der Waals surface area contributed by atoms with Gasteiger partial charge >= 0.3 is 0 Å². The van der Waals surface area contributed by atoms with Crippen molar-refractivity contribution >= 4 is 21.7 Å². The summed E-state index contributed by atoms with van der Waals surface area (Å²) in [6.07, 6.45) is 0.412. The van der Waals surface area contributed by atoms with E-state index in [-0.39, 0.29) is 12.4 Å². The molecule has 0 bridgehead atoms. The molecule has 0 radical (unpaired) electrons. The maximum atomic E-state index is 11.7. The Morgan fingerprint density at radius 1 is 1.06 bits per heavy atom. The van der Waals surface area contributed by atoms with Gasteiger partial charge in [-0.25, -0.2) is 0 Å². The molecule has 0 aromatic heterocycles. The Labute approximate surface area is 115 Å². The fourth-order valence-electron chi connectivity index (χ4n) is 1.60. The lowest BCUT2D eigenvalue weighted by Gasteiger charge is -2.05. The molecule has 0 aliphatic heterocycles. The van der Waals surface area contributed by atoms with E-state index in [4.69, 9.17) is 4.74 Å². The van der Waals surface area contributed by atoms with Crippen LogP contribution < -0.4 is 4.74 Å². The number of benzene rings is 2. The third-order valence-electron chi connectivity index (χ3n) is 2.44. The van der Waals surface area contributed by atoms with E-state index in [1.165, 1.54) is 0 Å². The van der Waals surface area contributed by atoms with Crippen LogP contribution in [0.15, 0.2) is 59.1 Å². The molecule has 0 fully saturated rings. The largest absolute Gasteiger partial charge is 0.486 e. The summed E-state index contributed by atoms with van der Waals surface area (Å²) in [6, 6.07) is 17.1. The third-order valence-corrected chi connectivity index (χ3v) is 2.93. The van der Waals surface area contributed by atoms with Crippen LogP contribution in [0.5, 0.6) is 5.75 Å². The van der Waals surface area contributed by atoms with E-state index < -0.39 is 0 Å². The van der Waals surface area contributed by atoms with E-state index >= 15 is 0 Å². The molecule has 0 aliphatic carbocycles. The maximum Gasteiger partial charge on any atom is 0.174 e. The van der Waals surface area contributed by atoms with E-state index in [1.54, 1.807) is 0 Å². The second-order valence-corrected chi connectivity index (χ2v) is 4.86. The van der Waals surface area contributed by atoms with Gasteiger partial charge in [-0.2, -0.15) is 0 Å². The molecule has 2 rings (SSSR count). The van der Waals surface area contributed by atoms with Crippen LogP contribution in [0.4, 0.5) is 0 Å². The van der Waals surface area contributed by atoms with Gasteiger partial charge in [0.15, 0.2) is 5.78 Å². The molecule has 0 aliphatic rings. The standard InChI is InChI=1S/C15H13BrO2/c16-13-7-4-8-15(10-13)18-11-14(17)9-12-5-2-1-3-6-12/h1-8,10H,9,11H2. The molecule has 92 valence electrons. The zero-order chi connectivity index (χ0) is 12.8. The monoisotopic (exact) mass is 304 g/mol. The molecular weight excluding hydrogens is 292 g/mol. The second kappa shape index (κ2) is 6.36. The summed E-state index contributed by atoms with van der Waals surface area (Å²) < 4.78 is 6.38. The van der Waals surface area contributed by atoms with Gasteiger partial charge in [-0.15, -0.1) is 0 Å². The molecule has 0 spiro atoms. The highest BCUT2D eigenvalue weighted by atomic mass is 79.9. The van der Waals surface area contributed by atoms with Crippen LogP contribution in [0.1, 0.15) is 5.56 Å². The van der Waals surface area contributed by atoms with Gasteiger partial charge in [0.2, 0.25) is 0 Å². The Hall–Kier alpha value is -1.61. The molecule has 0 saturated carbocycles. The number of ketones is 1. The average Bonchev–Trinajstić information content (AvgIpc) is 2.38. The van der Waals surface area contributed by atoms with Gasteiger partial charge in [-0.1, -0.05) is 52.3 Å². The van der Waals surface area contributed by atoms with Gasteiger partial charge in [0, 0.05) is 10.9 Å². The highest BCUT2D eigenvalue weighted by Gasteiger charge is 2.04. The van der Waals surface area contributed by atoms with Crippen LogP contribution in [-0.4, -0.2) is 12.4 Å². The van der Waals surface area contributed by atoms with Crippen molar-refractivity contribution in [1.82, 2.24) is 0 Å². The molecule has 0 heterocycles. The maximum absolute atomic E-state index is 11.7. The average molecular weight is 305 g/mol. The number of carbonyl (C=O) groups excluding carboxylic acids is 1. The van der Waals surface area contributed by atoms with Crippen molar-refractivity contribution in [3.05, 3.63) is 64.6 Å². The van der Waals surface area contributed by atoms with Crippen molar-refractivity contribution in [3.63, 3.8) is 0 Å². The molecule has 2 aromatic carbocycles. The first-order valence-corrected chi connectivity index (χ1v) is 6.47. The minimum atomic E-state index is 0.0705. The number of carbonyl (C=O) groups is 1. The van der Waals surface area contributed by atoms with Crippen molar-refractivity contribution < 1.29 is 9.53 Å². The lowest BCUT2D eigenvalue weighted by Crippen LogP contribution is -2.13. The zero-order valence-corrected chi connectivity index (χ0v) is 11.4. The summed E-state index contributed by atoms with van der Waals surface area (Å²) in [5.74, 6) is 0.770. The first kappa shape index (κ1) is 12.8. The van der Waals surface area contributed by atoms with Gasteiger partial charge in [0.25, 0.3) is 0 Å². The van der Waals surface area contributed by atoms with Crippen molar-refractivity contribution in [2.75, 3.05) is 6.61 Å². The van der Waals surface area contributed by atoms with Crippen LogP contribution in [0.3, 0.4) is 0 Å². The Bertz CT molecular complexity index is 523. The zero-order valence-electron chi connectivity index (χ0n) is 9.80. The summed E-state index contributed by atoms with van der Waals surface area (Å²) >= 11 is 3.36. The van der Waals surface area contributed by atoms with Gasteiger partial charge in [0.05, 0.1) is 0 Å². The topological polar surface area (TPSA) is 26.3 Å². The van der Waals surface area contributed by atoms with Crippen LogP contribution >= 0.6 is 15.9 Å². The van der Waals surface area contributed by atoms with E-state index in [0.29, 0.717) is 12.2 Å². The molecule has 2 aromatic rings. The Morgan fingerprint density at radius 3 is 2.56 bits per heavy atom. The second-order valence-electron chi connectivity index (χ2n) is 3.95. The van der Waals surface area contributed by atoms with E-state index in [0.717, 1.165) is 10.0 Å². The lowest BCUT2D eigenvalue weighted by molar-refractivity contribution is -0.120. The molecule has 3 heteroatoms. The fourth-order valence-corrected chi connectivity index (χ4v) is 1.97. The van der Waals surface area contributed by atoms with Gasteiger partial charge < -0.3 is 4.74 Å². The number of hydrogen-bond acceptors (Lipinski definition) is 2. The summed E-state index contributed by atoms with van der Waals surface area (Å²) in [6.45, 7) is 0.103. The van der Waals surface area contributed by atoms with Crippen molar-refractivity contribution in [2.45, 2.75) is 6.42 Å². The lowest BCUT2D eigenvalue weighted by atomic mass is 10.1. The Kier molecular flexibility index (Phi) is 4.53. The molecule has 18 heavy (non-hydrogen) atoms. The molecule has 0 saturated heterocycles. The molecular formula is C15H13BrO2. The van der Waals surface area contributed by atoms with E-state index in [9.17, 15) is 4.79 Å². The molecule has 0 unspecified atom stereocenters. The normalized spacial score (nSPS) is 10.1. The highest BCUT2D eigenvalue weighted by molar-refractivity contribution is 9.10. The number of Topliss-reactive ketones (excluding diaryl/α,β-unsaturated/α-hetero) is 1. The Morgan fingerprint density at radius 2 is 1.83 bits per heavy atom. The highest BCUT2D eigenvalue weighted by Crippen LogP contribution is 2.17. The van der Waals surface area contributed by atoms with E-state index in [1.807, 2.05) is 54.6 Å². The van der Waals surface area contributed by atoms with Crippen molar-refractivity contribution in [2.24, 2.45) is 0 Å². The Balaban J connectivity index is 1.85. The summed E-state index contributed by atoms with van der Waals surface area (Å²) in [5.41, 5.74) is 1.01. The summed E-state index contributed by atoms with van der Waals surface area (Å²) in [4.78, 5) is 11.7.